The van der Waals surface area contributed by atoms with E-state index in [0.717, 1.165) is 0 Å². The fourth-order valence-corrected chi connectivity index (χ4v) is 1.49. The Hall–Kier alpha value is -1.07. The lowest BCUT2D eigenvalue weighted by molar-refractivity contribution is -0.125. The summed E-state index contributed by atoms with van der Waals surface area (Å²) in [5, 5.41) is 1.53. The van der Waals surface area contributed by atoms with Gasteiger partial charge in [0.05, 0.1) is 17.7 Å². The number of ether oxygens (including phenoxy) is 1. The smallest absolute Gasteiger partial charge is 0.132 e. The van der Waals surface area contributed by atoms with Gasteiger partial charge in [-0.2, -0.15) is 0 Å². The molecule has 0 amide bonds. The first kappa shape index (κ1) is 21.2. The molecule has 0 spiro atoms. The lowest BCUT2D eigenvalue weighted by atomic mass is 10.0. The van der Waals surface area contributed by atoms with E-state index in [9.17, 15) is 4.79 Å². The summed E-state index contributed by atoms with van der Waals surface area (Å²) >= 11 is 0. The Bertz CT molecular complexity index is 319. The molecule has 120 valence electrons. The van der Waals surface area contributed by atoms with E-state index in [1.807, 2.05) is 41.5 Å². The highest BCUT2D eigenvalue weighted by atomic mass is 16.5. The molecule has 0 aliphatic carbocycles. The molecule has 0 unspecified atom stereocenters. The fourth-order valence-electron chi connectivity index (χ4n) is 1.49. The number of Topliss-reactive ketones (excluding diaryl/α,β-unsaturated/α-hetero) is 1. The second-order valence-electron chi connectivity index (χ2n) is 6.02. The zero-order valence-corrected chi connectivity index (χ0v) is 14.4. The molecule has 0 radical (unpaired) electrons. The van der Waals surface area contributed by atoms with Crippen molar-refractivity contribution in [1.29, 1.82) is 0 Å². The minimum absolute atomic E-state index is 0.111. The van der Waals surface area contributed by atoms with Crippen LogP contribution in [0.15, 0.2) is 11.9 Å². The van der Waals surface area contributed by atoms with Crippen LogP contribution in [0.1, 0.15) is 61.8 Å². The molecule has 5 nitrogen and oxygen atoms in total. The molecule has 0 heterocycles. The van der Waals surface area contributed by atoms with Crippen molar-refractivity contribution >= 4 is 5.78 Å². The molecule has 20 heavy (non-hydrogen) atoms. The molecule has 0 aromatic rings. The maximum absolute atomic E-state index is 11.1. The van der Waals surface area contributed by atoms with Gasteiger partial charge in [-0.25, -0.2) is 5.84 Å². The van der Waals surface area contributed by atoms with Crippen LogP contribution in [0.2, 0.25) is 0 Å². The van der Waals surface area contributed by atoms with Gasteiger partial charge in [0.1, 0.15) is 5.78 Å². The molecule has 5 heteroatoms. The van der Waals surface area contributed by atoms with Crippen molar-refractivity contribution in [3.05, 3.63) is 11.9 Å². The molecule has 4 N–H and O–H groups in total. The van der Waals surface area contributed by atoms with Crippen LogP contribution >= 0.6 is 0 Å². The lowest BCUT2D eigenvalue weighted by Crippen LogP contribution is -2.50. The normalized spacial score (nSPS) is 12.6. The van der Waals surface area contributed by atoms with Gasteiger partial charge in [-0.15, -0.1) is 0 Å². The van der Waals surface area contributed by atoms with E-state index in [4.69, 9.17) is 16.3 Å². The average Bonchev–Trinajstić information content (AvgIpc) is 2.27. The predicted octanol–water partition coefficient (Wildman–Crippen LogP) is 2.56. The third-order valence-electron chi connectivity index (χ3n) is 2.53. The van der Waals surface area contributed by atoms with Gasteiger partial charge in [0.25, 0.3) is 0 Å². The maximum atomic E-state index is 11.1. The van der Waals surface area contributed by atoms with Crippen molar-refractivity contribution in [2.24, 2.45) is 11.6 Å². The first-order valence-electron chi connectivity index (χ1n) is 7.07. The second-order valence-corrected chi connectivity index (χ2v) is 6.02. The van der Waals surface area contributed by atoms with Gasteiger partial charge < -0.3 is 15.5 Å². The standard InChI is InChI=1S/C13H27N3O2.C2H6/c1-10(14)8-16(15)12(3,4)9-18-13(5,6)7-11(2)17;1-2/h8H,7,9,14-15H2,1-6H3;1-2H3/b10-8-;. The number of carbonyl (C=O) groups is 1. The average molecular weight is 287 g/mol. The number of allylic oxidation sites excluding steroid dienone is 1. The number of carbonyl (C=O) groups excluding carboxylic acids is 1. The van der Waals surface area contributed by atoms with Crippen LogP contribution in [0, 0.1) is 0 Å². The minimum Gasteiger partial charge on any atom is -0.401 e. The van der Waals surface area contributed by atoms with Crippen molar-refractivity contribution in [3.8, 4) is 0 Å². The van der Waals surface area contributed by atoms with Gasteiger partial charge in [0, 0.05) is 18.3 Å². The Morgan fingerprint density at radius 1 is 1.20 bits per heavy atom. The zero-order valence-electron chi connectivity index (χ0n) is 14.4. The van der Waals surface area contributed by atoms with E-state index in [1.165, 1.54) is 5.01 Å². The van der Waals surface area contributed by atoms with Gasteiger partial charge in [0.2, 0.25) is 0 Å². The molecule has 0 aromatic carbocycles. The number of rotatable bonds is 7. The van der Waals surface area contributed by atoms with Crippen molar-refractivity contribution in [2.45, 2.75) is 73.0 Å². The monoisotopic (exact) mass is 287 g/mol. The number of hydrogen-bond donors (Lipinski definition) is 2. The van der Waals surface area contributed by atoms with E-state index >= 15 is 0 Å². The molecule has 0 rings (SSSR count). The molecule has 0 aliphatic rings. The molecule has 0 saturated heterocycles. The van der Waals surface area contributed by atoms with Gasteiger partial charge in [-0.3, -0.25) is 4.79 Å². The summed E-state index contributed by atoms with van der Waals surface area (Å²) in [4.78, 5) is 11.1. The van der Waals surface area contributed by atoms with Crippen LogP contribution in [0.3, 0.4) is 0 Å². The summed E-state index contributed by atoms with van der Waals surface area (Å²) in [7, 11) is 0. The van der Waals surface area contributed by atoms with Crippen LogP contribution < -0.4 is 11.6 Å². The van der Waals surface area contributed by atoms with E-state index in [-0.39, 0.29) is 5.78 Å². The number of nitrogens with zero attached hydrogens (tertiary/aromatic N) is 1. The largest absolute Gasteiger partial charge is 0.401 e. The summed E-state index contributed by atoms with van der Waals surface area (Å²) in [6.07, 6.45) is 2.06. The quantitative estimate of drug-likeness (QED) is 0.555. The first-order valence-corrected chi connectivity index (χ1v) is 7.07. The topological polar surface area (TPSA) is 81.6 Å². The van der Waals surface area contributed by atoms with E-state index in [1.54, 1.807) is 20.0 Å². The number of nitrogens with two attached hydrogens (primary N) is 2. The zero-order chi connectivity index (χ0) is 16.6. The molecule has 0 fully saturated rings. The highest BCUT2D eigenvalue weighted by molar-refractivity contribution is 5.76. The van der Waals surface area contributed by atoms with Crippen LogP contribution in [0.5, 0.6) is 0 Å². The van der Waals surface area contributed by atoms with Crippen LogP contribution in [0.4, 0.5) is 0 Å². The summed E-state index contributed by atoms with van der Waals surface area (Å²) in [6.45, 7) is 15.5. The predicted molar refractivity (Wildman–Crippen MR) is 84.7 cm³/mol. The summed E-state index contributed by atoms with van der Waals surface area (Å²) in [6, 6.07) is 0. The molecule has 0 aromatic heterocycles. The Balaban J connectivity index is 0. The molecule has 0 atom stereocenters. The Kier molecular flexibility index (Phi) is 9.53. The summed E-state index contributed by atoms with van der Waals surface area (Å²) in [5.74, 6) is 6.02. The maximum Gasteiger partial charge on any atom is 0.132 e. The van der Waals surface area contributed by atoms with Gasteiger partial charge in [-0.1, -0.05) is 13.8 Å². The summed E-state index contributed by atoms with van der Waals surface area (Å²) in [5.41, 5.74) is 5.35. The van der Waals surface area contributed by atoms with Crippen LogP contribution in [0.25, 0.3) is 0 Å². The van der Waals surface area contributed by atoms with Crippen molar-refractivity contribution < 1.29 is 9.53 Å². The van der Waals surface area contributed by atoms with Crippen molar-refractivity contribution in [2.75, 3.05) is 6.61 Å². The van der Waals surface area contributed by atoms with Crippen molar-refractivity contribution in [1.82, 2.24) is 5.01 Å². The second kappa shape index (κ2) is 8.97. The molecule has 0 aliphatic heterocycles. The third-order valence-corrected chi connectivity index (χ3v) is 2.53. The first-order chi connectivity index (χ1) is 8.96. The molecular weight excluding hydrogens is 254 g/mol. The van der Waals surface area contributed by atoms with Gasteiger partial charge >= 0.3 is 0 Å². The van der Waals surface area contributed by atoms with Crippen LogP contribution in [-0.4, -0.2) is 28.5 Å². The third kappa shape index (κ3) is 9.81. The fraction of sp³-hybridized carbons (Fsp3) is 0.800. The Morgan fingerprint density at radius 3 is 2.00 bits per heavy atom. The molecule has 0 bridgehead atoms. The molecular formula is C15H33N3O2. The van der Waals surface area contributed by atoms with Crippen LogP contribution in [-0.2, 0) is 9.53 Å². The number of ketones is 1. The van der Waals surface area contributed by atoms with E-state index in [0.29, 0.717) is 18.7 Å². The highest BCUT2D eigenvalue weighted by Crippen LogP contribution is 2.20. The molecule has 0 saturated carbocycles. The Labute approximate surface area is 124 Å². The highest BCUT2D eigenvalue weighted by Gasteiger charge is 2.28. The van der Waals surface area contributed by atoms with Crippen molar-refractivity contribution in [3.63, 3.8) is 0 Å². The Morgan fingerprint density at radius 2 is 1.65 bits per heavy atom. The van der Waals surface area contributed by atoms with Gasteiger partial charge in [0.15, 0.2) is 0 Å². The number of hydrogen-bond acceptors (Lipinski definition) is 5. The van der Waals surface area contributed by atoms with E-state index < -0.39 is 11.1 Å². The van der Waals surface area contributed by atoms with E-state index in [2.05, 4.69) is 0 Å². The lowest BCUT2D eigenvalue weighted by Gasteiger charge is -2.37. The SMILES string of the molecule is CC.CC(=O)CC(C)(C)OCC(C)(C)N(N)/C=C(/C)N. The number of hydrazine groups is 1. The van der Waals surface area contributed by atoms with Gasteiger partial charge in [-0.05, 0) is 41.5 Å². The summed E-state index contributed by atoms with van der Waals surface area (Å²) < 4.78 is 5.80. The minimum atomic E-state index is -0.481.